The number of rotatable bonds is 6. The number of halogens is 2. The number of nitrogens with one attached hydrogen (secondary N) is 1. The molecule has 3 rings (SSSR count). The Morgan fingerprint density at radius 3 is 2.70 bits per heavy atom. The Morgan fingerprint density at radius 2 is 1.96 bits per heavy atom. The minimum Gasteiger partial charge on any atom is -0.482 e. The maximum atomic E-state index is 12.2. The molecule has 2 aromatic carbocycles. The number of nitrogens with zero attached hydrogens (tertiary/aromatic N) is 1. The fraction of sp³-hybridized carbons (Fsp3) is 0.263. The van der Waals surface area contributed by atoms with Gasteiger partial charge in [-0.1, -0.05) is 29.3 Å². The Labute approximate surface area is 167 Å². The average Bonchev–Trinajstić information content (AvgIpc) is 3.04. The van der Waals surface area contributed by atoms with E-state index in [2.05, 4.69) is 5.32 Å². The first-order valence-corrected chi connectivity index (χ1v) is 9.03. The fourth-order valence-corrected chi connectivity index (χ4v) is 3.31. The molecule has 1 heterocycles. The number of carbonyl (C=O) groups excluding carboxylic acids is 2. The van der Waals surface area contributed by atoms with Crippen LogP contribution in [0.1, 0.15) is 5.56 Å². The molecule has 0 bridgehead atoms. The van der Waals surface area contributed by atoms with Crippen molar-refractivity contribution in [2.24, 2.45) is 0 Å². The molecule has 1 aliphatic heterocycles. The van der Waals surface area contributed by atoms with E-state index in [1.54, 1.807) is 35.2 Å². The molecule has 0 atom stereocenters. The van der Waals surface area contributed by atoms with Gasteiger partial charge < -0.3 is 19.7 Å². The summed E-state index contributed by atoms with van der Waals surface area (Å²) in [5, 5.41) is 3.58. The van der Waals surface area contributed by atoms with Crippen LogP contribution in [0.5, 0.6) is 5.75 Å². The molecular weight excluding hydrogens is 391 g/mol. The van der Waals surface area contributed by atoms with E-state index in [-0.39, 0.29) is 25.0 Å². The van der Waals surface area contributed by atoms with Crippen LogP contribution < -0.4 is 15.0 Å². The lowest BCUT2D eigenvalue weighted by atomic mass is 10.1. The number of fused-ring (bicyclic) bond motifs is 1. The predicted molar refractivity (Wildman–Crippen MR) is 105 cm³/mol. The second-order valence-electron chi connectivity index (χ2n) is 5.98. The number of hydrogen-bond acceptors (Lipinski definition) is 4. The molecule has 2 amide bonds. The summed E-state index contributed by atoms with van der Waals surface area (Å²) < 4.78 is 10.3. The topological polar surface area (TPSA) is 67.9 Å². The Kier molecular flexibility index (Phi) is 6.21. The highest BCUT2D eigenvalue weighted by Crippen LogP contribution is 2.31. The highest BCUT2D eigenvalue weighted by Gasteiger charge is 2.24. The van der Waals surface area contributed by atoms with Crippen molar-refractivity contribution in [2.45, 2.75) is 6.42 Å². The van der Waals surface area contributed by atoms with E-state index < -0.39 is 0 Å². The molecule has 0 aliphatic carbocycles. The van der Waals surface area contributed by atoms with Crippen LogP contribution >= 0.6 is 23.2 Å². The molecule has 0 radical (unpaired) electrons. The van der Waals surface area contributed by atoms with Crippen LogP contribution in [0.4, 0.5) is 11.4 Å². The van der Waals surface area contributed by atoms with Crippen LogP contribution in [0.15, 0.2) is 36.4 Å². The Bertz CT molecular complexity index is 873. The summed E-state index contributed by atoms with van der Waals surface area (Å²) in [6.45, 7) is 0.420. The van der Waals surface area contributed by atoms with E-state index in [0.717, 1.165) is 17.7 Å². The Hall–Kier alpha value is -2.28. The normalized spacial score (nSPS) is 12.6. The molecule has 0 spiro atoms. The summed E-state index contributed by atoms with van der Waals surface area (Å²) in [7, 11) is 1.48. The Morgan fingerprint density at radius 1 is 1.15 bits per heavy atom. The van der Waals surface area contributed by atoms with Gasteiger partial charge in [-0.15, -0.1) is 0 Å². The minimum atomic E-state index is -0.339. The van der Waals surface area contributed by atoms with Gasteiger partial charge in [0.1, 0.15) is 12.4 Å². The van der Waals surface area contributed by atoms with Crippen LogP contribution in [0.25, 0.3) is 0 Å². The van der Waals surface area contributed by atoms with E-state index in [1.807, 2.05) is 6.07 Å². The highest BCUT2D eigenvalue weighted by atomic mass is 35.5. The van der Waals surface area contributed by atoms with Gasteiger partial charge in [0.25, 0.3) is 11.8 Å². The molecule has 0 aromatic heterocycles. The van der Waals surface area contributed by atoms with E-state index in [1.165, 1.54) is 7.11 Å². The number of hydrogen-bond donors (Lipinski definition) is 1. The summed E-state index contributed by atoms with van der Waals surface area (Å²) in [5.41, 5.74) is 2.43. The van der Waals surface area contributed by atoms with Crippen molar-refractivity contribution < 1.29 is 19.1 Å². The minimum absolute atomic E-state index is 0.0196. The van der Waals surface area contributed by atoms with Gasteiger partial charge in [0.15, 0.2) is 6.61 Å². The fourth-order valence-electron chi connectivity index (χ4n) is 2.85. The molecule has 8 heteroatoms. The standard InChI is InChI=1S/C19H18Cl2N2O4/c1-26-11-19(25)23-7-6-12-2-4-14(9-16(12)23)22-18(24)10-27-17-5-3-13(20)8-15(17)21/h2-5,8-9H,6-7,10-11H2,1H3,(H,22,24). The molecule has 0 saturated heterocycles. The second kappa shape index (κ2) is 8.61. The zero-order chi connectivity index (χ0) is 19.4. The van der Waals surface area contributed by atoms with E-state index >= 15 is 0 Å². The monoisotopic (exact) mass is 408 g/mol. The van der Waals surface area contributed by atoms with Crippen molar-refractivity contribution in [3.8, 4) is 5.75 Å². The lowest BCUT2D eigenvalue weighted by Gasteiger charge is -2.17. The summed E-state index contributed by atoms with van der Waals surface area (Å²) in [6, 6.07) is 10.3. The number of amides is 2. The maximum Gasteiger partial charge on any atom is 0.262 e. The smallest absolute Gasteiger partial charge is 0.262 e. The van der Waals surface area contributed by atoms with Gasteiger partial charge in [-0.2, -0.15) is 0 Å². The van der Waals surface area contributed by atoms with Gasteiger partial charge in [-0.3, -0.25) is 9.59 Å². The molecule has 0 saturated carbocycles. The largest absolute Gasteiger partial charge is 0.482 e. The SMILES string of the molecule is COCC(=O)N1CCc2ccc(NC(=O)COc3ccc(Cl)cc3Cl)cc21. The molecule has 27 heavy (non-hydrogen) atoms. The molecule has 0 unspecified atom stereocenters. The van der Waals surface area contributed by atoms with Crippen molar-refractivity contribution in [1.82, 2.24) is 0 Å². The van der Waals surface area contributed by atoms with Crippen LogP contribution in [0, 0.1) is 0 Å². The van der Waals surface area contributed by atoms with Gasteiger partial charge >= 0.3 is 0 Å². The third kappa shape index (κ3) is 4.71. The molecule has 6 nitrogen and oxygen atoms in total. The number of benzene rings is 2. The number of carbonyl (C=O) groups is 2. The second-order valence-corrected chi connectivity index (χ2v) is 6.83. The molecule has 0 fully saturated rings. The molecule has 2 aromatic rings. The van der Waals surface area contributed by atoms with Crippen molar-refractivity contribution in [1.29, 1.82) is 0 Å². The van der Waals surface area contributed by atoms with E-state index in [0.29, 0.717) is 28.0 Å². The van der Waals surface area contributed by atoms with Crippen molar-refractivity contribution in [2.75, 3.05) is 37.1 Å². The van der Waals surface area contributed by atoms with Crippen molar-refractivity contribution in [3.63, 3.8) is 0 Å². The van der Waals surface area contributed by atoms with Gasteiger partial charge in [-0.05, 0) is 42.3 Å². The molecule has 1 N–H and O–H groups in total. The van der Waals surface area contributed by atoms with Gasteiger partial charge in [0.2, 0.25) is 0 Å². The first kappa shape index (κ1) is 19.5. The van der Waals surface area contributed by atoms with Crippen molar-refractivity contribution in [3.05, 3.63) is 52.0 Å². The average molecular weight is 409 g/mol. The maximum absolute atomic E-state index is 12.2. The summed E-state index contributed by atoms with van der Waals surface area (Å²) in [5.74, 6) is -0.0734. The zero-order valence-corrected chi connectivity index (χ0v) is 16.1. The summed E-state index contributed by atoms with van der Waals surface area (Å²) in [4.78, 5) is 26.0. The summed E-state index contributed by atoms with van der Waals surface area (Å²) >= 11 is 11.9. The molecular formula is C19H18Cl2N2O4. The van der Waals surface area contributed by atoms with Crippen molar-refractivity contribution >= 4 is 46.4 Å². The first-order valence-electron chi connectivity index (χ1n) is 8.28. The van der Waals surface area contributed by atoms with Gasteiger partial charge in [-0.25, -0.2) is 0 Å². The van der Waals surface area contributed by atoms with Gasteiger partial charge in [0, 0.05) is 30.1 Å². The Balaban J connectivity index is 1.63. The van der Waals surface area contributed by atoms with Gasteiger partial charge in [0.05, 0.1) is 5.02 Å². The number of anilines is 2. The lowest BCUT2D eigenvalue weighted by Crippen LogP contribution is -2.32. The molecule has 1 aliphatic rings. The van der Waals surface area contributed by atoms with E-state index in [9.17, 15) is 9.59 Å². The zero-order valence-electron chi connectivity index (χ0n) is 14.6. The van der Waals surface area contributed by atoms with E-state index in [4.69, 9.17) is 32.7 Å². The van der Waals surface area contributed by atoms with Crippen LogP contribution in [-0.4, -0.2) is 38.7 Å². The number of ether oxygens (including phenoxy) is 2. The number of methoxy groups -OCH3 is 1. The van der Waals surface area contributed by atoms with Crippen LogP contribution in [0.2, 0.25) is 10.0 Å². The summed E-state index contributed by atoms with van der Waals surface area (Å²) in [6.07, 6.45) is 0.775. The van der Waals surface area contributed by atoms with Crippen LogP contribution in [-0.2, 0) is 20.7 Å². The third-order valence-electron chi connectivity index (χ3n) is 4.09. The first-order chi connectivity index (χ1) is 13.0. The predicted octanol–water partition coefficient (Wildman–Crippen LogP) is 3.55. The lowest BCUT2D eigenvalue weighted by molar-refractivity contribution is -0.122. The highest BCUT2D eigenvalue weighted by molar-refractivity contribution is 6.35. The molecule has 142 valence electrons. The quantitative estimate of drug-likeness (QED) is 0.793. The van der Waals surface area contributed by atoms with Crippen LogP contribution in [0.3, 0.4) is 0 Å². The third-order valence-corrected chi connectivity index (χ3v) is 4.62.